The Morgan fingerprint density at radius 1 is 1.41 bits per heavy atom. The summed E-state index contributed by atoms with van der Waals surface area (Å²) >= 11 is 0. The molecule has 0 aromatic carbocycles. The maximum atomic E-state index is 11.7. The van der Waals surface area contributed by atoms with E-state index < -0.39 is 33.3 Å². The minimum absolute atomic E-state index is 0.188. The van der Waals surface area contributed by atoms with Crippen LogP contribution in [0.5, 0.6) is 0 Å². The van der Waals surface area contributed by atoms with Crippen molar-refractivity contribution < 1.29 is 27.9 Å². The SMILES string of the molecule is COC(=O)C(C)S(=O)(=O)NC(C(=O)O)C1CC1. The fourth-order valence-electron chi connectivity index (χ4n) is 1.35. The van der Waals surface area contributed by atoms with Crippen LogP contribution in [0.4, 0.5) is 0 Å². The maximum Gasteiger partial charge on any atom is 0.325 e. The molecule has 0 saturated heterocycles. The molecule has 2 atom stereocenters. The number of hydrogen-bond donors (Lipinski definition) is 2. The molecule has 1 aliphatic carbocycles. The van der Waals surface area contributed by atoms with E-state index in [0.717, 1.165) is 14.0 Å². The van der Waals surface area contributed by atoms with Crippen LogP contribution in [-0.2, 0) is 24.3 Å². The van der Waals surface area contributed by atoms with Gasteiger partial charge in [-0.3, -0.25) is 9.59 Å². The average Bonchev–Trinajstić information content (AvgIpc) is 3.07. The first-order valence-electron chi connectivity index (χ1n) is 5.11. The van der Waals surface area contributed by atoms with Crippen molar-refractivity contribution in [2.24, 2.45) is 5.92 Å². The molecule has 98 valence electrons. The van der Waals surface area contributed by atoms with E-state index in [2.05, 4.69) is 4.74 Å². The lowest BCUT2D eigenvalue weighted by Gasteiger charge is -2.16. The van der Waals surface area contributed by atoms with E-state index in [9.17, 15) is 18.0 Å². The number of sulfonamides is 1. The van der Waals surface area contributed by atoms with Crippen LogP contribution in [-0.4, -0.2) is 43.9 Å². The van der Waals surface area contributed by atoms with E-state index in [0.29, 0.717) is 12.8 Å². The summed E-state index contributed by atoms with van der Waals surface area (Å²) in [6.45, 7) is 1.15. The second-order valence-corrected chi connectivity index (χ2v) is 6.01. The largest absolute Gasteiger partial charge is 0.480 e. The van der Waals surface area contributed by atoms with Crippen molar-refractivity contribution in [3.05, 3.63) is 0 Å². The molecule has 0 heterocycles. The van der Waals surface area contributed by atoms with Crippen LogP contribution in [0.15, 0.2) is 0 Å². The van der Waals surface area contributed by atoms with Gasteiger partial charge in [-0.15, -0.1) is 0 Å². The highest BCUT2D eigenvalue weighted by atomic mass is 32.2. The molecule has 0 aromatic heterocycles. The van der Waals surface area contributed by atoms with Gasteiger partial charge in [0.05, 0.1) is 7.11 Å². The molecule has 0 radical (unpaired) electrons. The summed E-state index contributed by atoms with van der Waals surface area (Å²) in [4.78, 5) is 22.0. The second kappa shape index (κ2) is 5.01. The monoisotopic (exact) mass is 265 g/mol. The molecule has 1 aliphatic rings. The minimum Gasteiger partial charge on any atom is -0.480 e. The van der Waals surface area contributed by atoms with E-state index in [-0.39, 0.29) is 5.92 Å². The summed E-state index contributed by atoms with van der Waals surface area (Å²) in [5.74, 6) is -2.34. The molecule has 2 unspecified atom stereocenters. The van der Waals surface area contributed by atoms with E-state index in [1.807, 2.05) is 4.72 Å². The van der Waals surface area contributed by atoms with Gasteiger partial charge in [-0.05, 0) is 25.7 Å². The molecule has 1 saturated carbocycles. The van der Waals surface area contributed by atoms with Crippen LogP contribution in [0.1, 0.15) is 19.8 Å². The van der Waals surface area contributed by atoms with Crippen molar-refractivity contribution in [3.63, 3.8) is 0 Å². The third-order valence-corrected chi connectivity index (χ3v) is 4.36. The average molecular weight is 265 g/mol. The zero-order valence-corrected chi connectivity index (χ0v) is 10.4. The van der Waals surface area contributed by atoms with Crippen LogP contribution in [0.2, 0.25) is 0 Å². The van der Waals surface area contributed by atoms with Gasteiger partial charge in [-0.1, -0.05) is 0 Å². The molecule has 8 heteroatoms. The van der Waals surface area contributed by atoms with Crippen molar-refractivity contribution in [2.45, 2.75) is 31.1 Å². The summed E-state index contributed by atoms with van der Waals surface area (Å²) in [5, 5.41) is 7.46. The van der Waals surface area contributed by atoms with Crippen LogP contribution < -0.4 is 4.72 Å². The zero-order valence-electron chi connectivity index (χ0n) is 9.54. The number of carbonyl (C=O) groups excluding carboxylic acids is 1. The van der Waals surface area contributed by atoms with Crippen molar-refractivity contribution in [2.75, 3.05) is 7.11 Å². The van der Waals surface area contributed by atoms with Crippen LogP contribution in [0.25, 0.3) is 0 Å². The molecule has 0 spiro atoms. The fraction of sp³-hybridized carbons (Fsp3) is 0.778. The Morgan fingerprint density at radius 2 is 1.94 bits per heavy atom. The summed E-state index contributed by atoms with van der Waals surface area (Å²) < 4.78 is 29.8. The van der Waals surface area contributed by atoms with Crippen molar-refractivity contribution in [3.8, 4) is 0 Å². The van der Waals surface area contributed by atoms with Gasteiger partial charge in [-0.2, -0.15) is 4.72 Å². The van der Waals surface area contributed by atoms with Gasteiger partial charge in [0.1, 0.15) is 6.04 Å². The molecule has 0 bridgehead atoms. The fourth-order valence-corrected chi connectivity index (χ4v) is 2.55. The van der Waals surface area contributed by atoms with Gasteiger partial charge in [0.25, 0.3) is 0 Å². The van der Waals surface area contributed by atoms with Crippen LogP contribution >= 0.6 is 0 Å². The standard InChI is InChI=1S/C9H15NO6S/c1-5(9(13)16-2)17(14,15)10-7(8(11)12)6-3-4-6/h5-7,10H,3-4H2,1-2H3,(H,11,12). The molecular formula is C9H15NO6S. The Bertz CT molecular complexity index is 413. The number of carbonyl (C=O) groups is 2. The smallest absolute Gasteiger partial charge is 0.325 e. The van der Waals surface area contributed by atoms with Crippen LogP contribution in [0.3, 0.4) is 0 Å². The molecule has 0 aromatic rings. The van der Waals surface area contributed by atoms with Gasteiger partial charge >= 0.3 is 11.9 Å². The lowest BCUT2D eigenvalue weighted by Crippen LogP contribution is -2.47. The Balaban J connectivity index is 2.77. The normalized spacial score (nSPS) is 19.4. The van der Waals surface area contributed by atoms with Gasteiger partial charge in [-0.25, -0.2) is 8.42 Å². The van der Waals surface area contributed by atoms with E-state index in [1.165, 1.54) is 0 Å². The van der Waals surface area contributed by atoms with E-state index in [1.54, 1.807) is 0 Å². The van der Waals surface area contributed by atoms with Crippen molar-refractivity contribution in [1.29, 1.82) is 0 Å². The Hall–Kier alpha value is -1.15. The number of nitrogens with one attached hydrogen (secondary N) is 1. The Labute approximate surface area is 99.2 Å². The van der Waals surface area contributed by atoms with Gasteiger partial charge in [0.2, 0.25) is 10.0 Å². The minimum atomic E-state index is -4.03. The lowest BCUT2D eigenvalue weighted by atomic mass is 10.2. The number of esters is 1. The molecule has 2 N–H and O–H groups in total. The number of hydrogen-bond acceptors (Lipinski definition) is 5. The first kappa shape index (κ1) is 13.9. The maximum absolute atomic E-state index is 11.7. The molecule has 0 aliphatic heterocycles. The van der Waals surface area contributed by atoms with E-state index >= 15 is 0 Å². The van der Waals surface area contributed by atoms with Gasteiger partial charge in [0.15, 0.2) is 5.25 Å². The summed E-state index contributed by atoms with van der Waals surface area (Å²) in [5.41, 5.74) is 0. The number of ether oxygens (including phenoxy) is 1. The molecule has 0 amide bonds. The second-order valence-electron chi connectivity index (χ2n) is 3.98. The third-order valence-electron chi connectivity index (χ3n) is 2.65. The summed E-state index contributed by atoms with van der Waals surface area (Å²) in [6.07, 6.45) is 1.35. The van der Waals surface area contributed by atoms with E-state index in [4.69, 9.17) is 5.11 Å². The third kappa shape index (κ3) is 3.40. The van der Waals surface area contributed by atoms with Crippen molar-refractivity contribution >= 4 is 22.0 Å². The molecule has 1 fully saturated rings. The Kier molecular flexibility index (Phi) is 4.10. The predicted molar refractivity (Wildman–Crippen MR) is 57.7 cm³/mol. The Morgan fingerprint density at radius 3 is 2.29 bits per heavy atom. The van der Waals surface area contributed by atoms with Gasteiger partial charge < -0.3 is 9.84 Å². The van der Waals surface area contributed by atoms with Crippen LogP contribution in [0, 0.1) is 5.92 Å². The lowest BCUT2D eigenvalue weighted by molar-refractivity contribution is -0.141. The number of methoxy groups -OCH3 is 1. The zero-order chi connectivity index (χ0) is 13.2. The number of rotatable bonds is 6. The topological polar surface area (TPSA) is 110 Å². The molecule has 7 nitrogen and oxygen atoms in total. The number of aliphatic carboxylic acids is 1. The summed E-state index contributed by atoms with van der Waals surface area (Å²) in [6, 6.07) is -1.16. The first-order valence-corrected chi connectivity index (χ1v) is 6.66. The summed E-state index contributed by atoms with van der Waals surface area (Å²) in [7, 11) is -2.95. The predicted octanol–water partition coefficient (Wildman–Crippen LogP) is -0.669. The molecule has 17 heavy (non-hydrogen) atoms. The number of carboxylic acids is 1. The highest BCUT2D eigenvalue weighted by Crippen LogP contribution is 2.33. The first-order chi connectivity index (χ1) is 7.79. The highest BCUT2D eigenvalue weighted by Gasteiger charge is 2.41. The molecular weight excluding hydrogens is 250 g/mol. The molecule has 1 rings (SSSR count). The number of carboxylic acid groups (broad SMARTS) is 1. The highest BCUT2D eigenvalue weighted by molar-refractivity contribution is 7.90. The quantitative estimate of drug-likeness (QED) is 0.616. The van der Waals surface area contributed by atoms with Crippen molar-refractivity contribution in [1.82, 2.24) is 4.72 Å². The van der Waals surface area contributed by atoms with Gasteiger partial charge in [0, 0.05) is 0 Å².